The minimum absolute atomic E-state index is 0.0508. The van der Waals surface area contributed by atoms with Crippen molar-refractivity contribution in [3.8, 4) is 0 Å². The molecule has 1 atom stereocenters. The van der Waals surface area contributed by atoms with Crippen molar-refractivity contribution in [2.24, 2.45) is 0 Å². The Labute approximate surface area is 115 Å². The van der Waals surface area contributed by atoms with Crippen LogP contribution in [-0.4, -0.2) is 16.7 Å². The van der Waals surface area contributed by atoms with Crippen LogP contribution in [0.5, 0.6) is 0 Å². The highest BCUT2D eigenvalue weighted by Gasteiger charge is 2.08. The molecule has 0 radical (unpaired) electrons. The summed E-state index contributed by atoms with van der Waals surface area (Å²) in [6.07, 6.45) is 3.57. The molecule has 0 bridgehead atoms. The van der Waals surface area contributed by atoms with Crippen LogP contribution in [0.2, 0.25) is 0 Å². The number of halogens is 1. The van der Waals surface area contributed by atoms with E-state index in [1.807, 2.05) is 42.6 Å². The zero-order valence-corrected chi connectivity index (χ0v) is 11.5. The predicted octanol–water partition coefficient (Wildman–Crippen LogP) is 2.67. The highest BCUT2D eigenvalue weighted by molar-refractivity contribution is 9.10. The van der Waals surface area contributed by atoms with Crippen LogP contribution in [0.25, 0.3) is 0 Å². The molecule has 0 aliphatic heterocycles. The number of hydrogen-bond acceptors (Lipinski definition) is 3. The summed E-state index contributed by atoms with van der Waals surface area (Å²) in [5.74, 6) is 0. The average molecular weight is 307 g/mol. The quantitative estimate of drug-likeness (QED) is 0.892. The molecule has 0 amide bonds. The summed E-state index contributed by atoms with van der Waals surface area (Å²) >= 11 is 3.39. The molecule has 1 aromatic carbocycles. The lowest BCUT2D eigenvalue weighted by atomic mass is 10.1. The molecule has 0 spiro atoms. The summed E-state index contributed by atoms with van der Waals surface area (Å²) in [6, 6.07) is 11.9. The molecule has 3 nitrogen and oxygen atoms in total. The highest BCUT2D eigenvalue weighted by atomic mass is 79.9. The topological polar surface area (TPSA) is 45.1 Å². The summed E-state index contributed by atoms with van der Waals surface area (Å²) < 4.78 is 0.960. The van der Waals surface area contributed by atoms with E-state index in [4.69, 9.17) is 0 Å². The van der Waals surface area contributed by atoms with Gasteiger partial charge < -0.3 is 10.4 Å². The zero-order chi connectivity index (χ0) is 12.8. The van der Waals surface area contributed by atoms with Crippen LogP contribution >= 0.6 is 15.9 Å². The van der Waals surface area contributed by atoms with Crippen molar-refractivity contribution in [2.75, 3.05) is 6.61 Å². The van der Waals surface area contributed by atoms with Gasteiger partial charge in [0.2, 0.25) is 0 Å². The van der Waals surface area contributed by atoms with Crippen LogP contribution in [0, 0.1) is 0 Å². The number of aliphatic hydroxyl groups excluding tert-OH is 1. The highest BCUT2D eigenvalue weighted by Crippen LogP contribution is 2.14. The van der Waals surface area contributed by atoms with E-state index in [0.717, 1.165) is 15.6 Å². The number of aromatic nitrogens is 1. The van der Waals surface area contributed by atoms with Crippen molar-refractivity contribution in [3.05, 3.63) is 64.4 Å². The standard InChI is InChI=1S/C14H15BrN2O/c15-13-6-11(7-16-9-13)8-17-14(10-18)12-4-2-1-3-5-12/h1-7,9,14,17-18H,8,10H2/t14-/m0/s1. The van der Waals surface area contributed by atoms with E-state index in [0.29, 0.717) is 6.54 Å². The Bertz CT molecular complexity index is 490. The van der Waals surface area contributed by atoms with Gasteiger partial charge >= 0.3 is 0 Å². The maximum absolute atomic E-state index is 9.42. The SMILES string of the molecule is OC[C@H](NCc1cncc(Br)c1)c1ccccc1. The van der Waals surface area contributed by atoms with Gasteiger partial charge in [-0.05, 0) is 33.1 Å². The predicted molar refractivity (Wildman–Crippen MR) is 75.0 cm³/mol. The molecule has 0 saturated heterocycles. The van der Waals surface area contributed by atoms with E-state index in [1.165, 1.54) is 0 Å². The van der Waals surface area contributed by atoms with Crippen molar-refractivity contribution >= 4 is 15.9 Å². The molecule has 0 saturated carbocycles. The van der Waals surface area contributed by atoms with Gasteiger partial charge in [-0.3, -0.25) is 4.98 Å². The lowest BCUT2D eigenvalue weighted by Crippen LogP contribution is -2.23. The second kappa shape index (κ2) is 6.64. The van der Waals surface area contributed by atoms with Gasteiger partial charge in [0.05, 0.1) is 12.6 Å². The molecule has 2 rings (SSSR count). The van der Waals surface area contributed by atoms with Gasteiger partial charge in [0.25, 0.3) is 0 Å². The molecule has 0 fully saturated rings. The summed E-state index contributed by atoms with van der Waals surface area (Å²) in [5.41, 5.74) is 2.17. The molecule has 4 heteroatoms. The fraction of sp³-hybridized carbons (Fsp3) is 0.214. The van der Waals surface area contributed by atoms with E-state index in [2.05, 4.69) is 26.2 Å². The third kappa shape index (κ3) is 3.63. The lowest BCUT2D eigenvalue weighted by Gasteiger charge is -2.16. The van der Waals surface area contributed by atoms with Crippen LogP contribution in [0.1, 0.15) is 17.2 Å². The molecule has 1 aromatic heterocycles. The van der Waals surface area contributed by atoms with Gasteiger partial charge in [-0.2, -0.15) is 0 Å². The van der Waals surface area contributed by atoms with Crippen LogP contribution in [0.15, 0.2) is 53.3 Å². The molecule has 0 aliphatic carbocycles. The van der Waals surface area contributed by atoms with Gasteiger partial charge in [0.1, 0.15) is 0 Å². The van der Waals surface area contributed by atoms with E-state index >= 15 is 0 Å². The van der Waals surface area contributed by atoms with E-state index < -0.39 is 0 Å². The van der Waals surface area contributed by atoms with Crippen molar-refractivity contribution < 1.29 is 5.11 Å². The number of aliphatic hydroxyl groups is 1. The van der Waals surface area contributed by atoms with Crippen molar-refractivity contribution in [1.29, 1.82) is 0 Å². The third-order valence-corrected chi connectivity index (χ3v) is 3.13. The Morgan fingerprint density at radius 3 is 2.67 bits per heavy atom. The molecule has 0 unspecified atom stereocenters. The first kappa shape index (κ1) is 13.2. The molecular weight excluding hydrogens is 292 g/mol. The minimum atomic E-state index is -0.0508. The maximum Gasteiger partial charge on any atom is 0.0626 e. The Morgan fingerprint density at radius 1 is 1.22 bits per heavy atom. The zero-order valence-electron chi connectivity index (χ0n) is 9.88. The van der Waals surface area contributed by atoms with Gasteiger partial charge in [-0.1, -0.05) is 30.3 Å². The van der Waals surface area contributed by atoms with Crippen LogP contribution < -0.4 is 5.32 Å². The summed E-state index contributed by atoms with van der Waals surface area (Å²) in [7, 11) is 0. The van der Waals surface area contributed by atoms with Crippen molar-refractivity contribution in [1.82, 2.24) is 10.3 Å². The number of benzene rings is 1. The number of nitrogens with one attached hydrogen (secondary N) is 1. The molecule has 94 valence electrons. The minimum Gasteiger partial charge on any atom is -0.394 e. The first-order valence-electron chi connectivity index (χ1n) is 5.78. The van der Waals surface area contributed by atoms with Gasteiger partial charge in [-0.25, -0.2) is 0 Å². The fourth-order valence-corrected chi connectivity index (χ4v) is 2.18. The summed E-state index contributed by atoms with van der Waals surface area (Å²) in [5, 5.41) is 12.7. The Kier molecular flexibility index (Phi) is 4.87. The number of pyridine rings is 1. The van der Waals surface area contributed by atoms with Gasteiger partial charge in [0, 0.05) is 23.4 Å². The molecule has 2 N–H and O–H groups in total. The Morgan fingerprint density at radius 2 is 2.00 bits per heavy atom. The van der Waals surface area contributed by atoms with Crippen LogP contribution in [-0.2, 0) is 6.54 Å². The first-order valence-corrected chi connectivity index (χ1v) is 6.57. The largest absolute Gasteiger partial charge is 0.394 e. The van der Waals surface area contributed by atoms with Crippen molar-refractivity contribution in [2.45, 2.75) is 12.6 Å². The summed E-state index contributed by atoms with van der Waals surface area (Å²) in [6.45, 7) is 0.748. The molecule has 2 aromatic rings. The number of hydrogen-bond donors (Lipinski definition) is 2. The Balaban J connectivity index is 2.00. The second-order valence-electron chi connectivity index (χ2n) is 4.04. The Hall–Kier alpha value is -1.23. The summed E-state index contributed by atoms with van der Waals surface area (Å²) in [4.78, 5) is 4.11. The molecule has 0 aliphatic rings. The molecule has 1 heterocycles. The maximum atomic E-state index is 9.42. The van der Waals surface area contributed by atoms with E-state index in [1.54, 1.807) is 6.20 Å². The second-order valence-corrected chi connectivity index (χ2v) is 4.95. The first-order chi connectivity index (χ1) is 8.79. The van der Waals surface area contributed by atoms with E-state index in [-0.39, 0.29) is 12.6 Å². The smallest absolute Gasteiger partial charge is 0.0626 e. The monoisotopic (exact) mass is 306 g/mol. The van der Waals surface area contributed by atoms with E-state index in [9.17, 15) is 5.11 Å². The van der Waals surface area contributed by atoms with Gasteiger partial charge in [-0.15, -0.1) is 0 Å². The third-order valence-electron chi connectivity index (χ3n) is 2.70. The van der Waals surface area contributed by atoms with Crippen molar-refractivity contribution in [3.63, 3.8) is 0 Å². The lowest BCUT2D eigenvalue weighted by molar-refractivity contribution is 0.243. The van der Waals surface area contributed by atoms with Crippen LogP contribution in [0.3, 0.4) is 0 Å². The number of rotatable bonds is 5. The van der Waals surface area contributed by atoms with Crippen LogP contribution in [0.4, 0.5) is 0 Å². The fourth-order valence-electron chi connectivity index (χ4n) is 1.77. The normalized spacial score (nSPS) is 12.3. The number of nitrogens with zero attached hydrogens (tertiary/aromatic N) is 1. The average Bonchev–Trinajstić information content (AvgIpc) is 2.41. The molecule has 18 heavy (non-hydrogen) atoms. The van der Waals surface area contributed by atoms with Gasteiger partial charge in [0.15, 0.2) is 0 Å². The molecular formula is C14H15BrN2O.